The Kier molecular flexibility index (Phi) is 5.86. The Morgan fingerprint density at radius 1 is 1.10 bits per heavy atom. The number of carbonyl (C=O) groups excluding carboxylic acids is 3. The second-order valence-corrected chi connectivity index (χ2v) is 4.29. The van der Waals surface area contributed by atoms with Crippen molar-refractivity contribution < 1.29 is 23.9 Å². The molecule has 1 amide bonds. The fourth-order valence-corrected chi connectivity index (χ4v) is 1.59. The third-order valence-electron chi connectivity index (χ3n) is 2.82. The summed E-state index contributed by atoms with van der Waals surface area (Å²) in [5, 5.41) is 2.55. The van der Waals surface area contributed by atoms with E-state index in [4.69, 9.17) is 5.73 Å². The van der Waals surface area contributed by atoms with Gasteiger partial charge in [0.05, 0.1) is 31.4 Å². The maximum atomic E-state index is 11.8. The molecule has 21 heavy (non-hydrogen) atoms. The van der Waals surface area contributed by atoms with Crippen LogP contribution in [0.4, 0.5) is 5.69 Å². The van der Waals surface area contributed by atoms with Crippen LogP contribution in [0.5, 0.6) is 0 Å². The van der Waals surface area contributed by atoms with E-state index in [0.29, 0.717) is 6.42 Å². The van der Waals surface area contributed by atoms with Gasteiger partial charge in [-0.3, -0.25) is 4.79 Å². The topological polar surface area (TPSA) is 108 Å². The second kappa shape index (κ2) is 7.39. The fourth-order valence-electron chi connectivity index (χ4n) is 1.59. The zero-order valence-corrected chi connectivity index (χ0v) is 12.1. The van der Waals surface area contributed by atoms with Gasteiger partial charge in [0.15, 0.2) is 0 Å². The number of amides is 1. The molecule has 1 aromatic carbocycles. The van der Waals surface area contributed by atoms with Crippen molar-refractivity contribution in [2.24, 2.45) is 5.73 Å². The number of esters is 2. The van der Waals surface area contributed by atoms with Crippen molar-refractivity contribution in [3.05, 3.63) is 29.3 Å². The number of nitrogens with one attached hydrogen (secondary N) is 1. The molecule has 0 spiro atoms. The number of rotatable bonds is 5. The van der Waals surface area contributed by atoms with Crippen molar-refractivity contribution in [3.8, 4) is 0 Å². The Balaban J connectivity index is 3.15. The number of methoxy groups -OCH3 is 2. The minimum atomic E-state index is -0.673. The van der Waals surface area contributed by atoms with Gasteiger partial charge in [-0.1, -0.05) is 6.92 Å². The number of nitrogens with two attached hydrogens (primary N) is 1. The number of anilines is 1. The molecule has 7 heteroatoms. The molecule has 0 heterocycles. The van der Waals surface area contributed by atoms with Gasteiger partial charge in [-0.2, -0.15) is 0 Å². The lowest BCUT2D eigenvalue weighted by atomic mass is 10.1. The van der Waals surface area contributed by atoms with Gasteiger partial charge in [0.2, 0.25) is 5.91 Å². The molecule has 1 rings (SSSR count). The molecule has 1 aromatic rings. The Morgan fingerprint density at radius 2 is 1.57 bits per heavy atom. The molecule has 3 N–H and O–H groups in total. The van der Waals surface area contributed by atoms with Gasteiger partial charge in [0.25, 0.3) is 0 Å². The van der Waals surface area contributed by atoms with E-state index in [0.717, 1.165) is 0 Å². The van der Waals surface area contributed by atoms with Crippen LogP contribution < -0.4 is 11.1 Å². The van der Waals surface area contributed by atoms with Gasteiger partial charge >= 0.3 is 11.9 Å². The van der Waals surface area contributed by atoms with E-state index in [1.807, 2.05) is 0 Å². The molecule has 0 aliphatic heterocycles. The van der Waals surface area contributed by atoms with Gasteiger partial charge < -0.3 is 20.5 Å². The van der Waals surface area contributed by atoms with Crippen LogP contribution in [0.2, 0.25) is 0 Å². The molecule has 1 unspecified atom stereocenters. The Labute approximate surface area is 122 Å². The quantitative estimate of drug-likeness (QED) is 0.782. The number of ether oxygens (including phenoxy) is 2. The summed E-state index contributed by atoms with van der Waals surface area (Å²) in [5.74, 6) is -1.66. The second-order valence-electron chi connectivity index (χ2n) is 4.29. The van der Waals surface area contributed by atoms with E-state index in [1.54, 1.807) is 6.92 Å². The summed E-state index contributed by atoms with van der Waals surface area (Å²) in [6.45, 7) is 1.77. The van der Waals surface area contributed by atoms with Crippen LogP contribution in [-0.2, 0) is 14.3 Å². The van der Waals surface area contributed by atoms with E-state index >= 15 is 0 Å². The van der Waals surface area contributed by atoms with Crippen molar-refractivity contribution in [2.45, 2.75) is 19.4 Å². The van der Waals surface area contributed by atoms with Crippen LogP contribution in [0, 0.1) is 0 Å². The summed E-state index contributed by atoms with van der Waals surface area (Å²) < 4.78 is 9.21. The number of hydrogen-bond acceptors (Lipinski definition) is 6. The standard InChI is InChI=1S/C14H18N2O5/c1-4-11(15)12(17)16-10-6-8(13(18)20-2)5-9(7-10)14(19)21-3/h5-7,11H,4,15H2,1-3H3,(H,16,17). The summed E-state index contributed by atoms with van der Waals surface area (Å²) in [5.41, 5.74) is 6.14. The zero-order chi connectivity index (χ0) is 16.0. The minimum Gasteiger partial charge on any atom is -0.465 e. The highest BCUT2D eigenvalue weighted by molar-refractivity contribution is 6.00. The predicted molar refractivity (Wildman–Crippen MR) is 76.0 cm³/mol. The lowest BCUT2D eigenvalue weighted by Gasteiger charge is -2.12. The molecule has 7 nitrogen and oxygen atoms in total. The molecule has 0 aromatic heterocycles. The molecule has 114 valence electrons. The Morgan fingerprint density at radius 3 is 1.95 bits per heavy atom. The van der Waals surface area contributed by atoms with E-state index in [2.05, 4.69) is 14.8 Å². The van der Waals surface area contributed by atoms with Crippen LogP contribution in [0.15, 0.2) is 18.2 Å². The van der Waals surface area contributed by atoms with Crippen LogP contribution in [0.3, 0.4) is 0 Å². The third kappa shape index (κ3) is 4.28. The number of benzene rings is 1. The first kappa shape index (κ1) is 16.6. The van der Waals surface area contributed by atoms with Gasteiger partial charge in [-0.15, -0.1) is 0 Å². The van der Waals surface area contributed by atoms with E-state index in [1.165, 1.54) is 32.4 Å². The van der Waals surface area contributed by atoms with Crippen molar-refractivity contribution >= 4 is 23.5 Å². The van der Waals surface area contributed by atoms with Gasteiger partial charge in [-0.25, -0.2) is 9.59 Å². The zero-order valence-electron chi connectivity index (χ0n) is 12.1. The molecule has 1 atom stereocenters. The minimum absolute atomic E-state index is 0.126. The first-order valence-corrected chi connectivity index (χ1v) is 6.31. The third-order valence-corrected chi connectivity index (χ3v) is 2.82. The average molecular weight is 294 g/mol. The molecule has 0 aliphatic rings. The first-order chi connectivity index (χ1) is 9.92. The molecular formula is C14H18N2O5. The fraction of sp³-hybridized carbons (Fsp3) is 0.357. The van der Waals surface area contributed by atoms with Crippen molar-refractivity contribution in [2.75, 3.05) is 19.5 Å². The lowest BCUT2D eigenvalue weighted by molar-refractivity contribution is -0.117. The van der Waals surface area contributed by atoms with E-state index in [-0.39, 0.29) is 16.8 Å². The SMILES string of the molecule is CCC(N)C(=O)Nc1cc(C(=O)OC)cc(C(=O)OC)c1. The normalized spacial score (nSPS) is 11.4. The molecular weight excluding hydrogens is 276 g/mol. The highest BCUT2D eigenvalue weighted by Crippen LogP contribution is 2.17. The Hall–Kier alpha value is -2.41. The number of carbonyl (C=O) groups is 3. The lowest BCUT2D eigenvalue weighted by Crippen LogP contribution is -2.34. The summed E-state index contributed by atoms with van der Waals surface area (Å²) in [6, 6.07) is 3.46. The van der Waals surface area contributed by atoms with Crippen molar-refractivity contribution in [1.82, 2.24) is 0 Å². The average Bonchev–Trinajstić information content (AvgIpc) is 2.51. The molecule has 0 bridgehead atoms. The first-order valence-electron chi connectivity index (χ1n) is 6.31. The van der Waals surface area contributed by atoms with Crippen LogP contribution in [0.25, 0.3) is 0 Å². The summed E-state index contributed by atoms with van der Waals surface area (Å²) in [7, 11) is 2.44. The van der Waals surface area contributed by atoms with Crippen molar-refractivity contribution in [1.29, 1.82) is 0 Å². The maximum Gasteiger partial charge on any atom is 0.337 e. The molecule has 0 saturated heterocycles. The smallest absolute Gasteiger partial charge is 0.337 e. The predicted octanol–water partition coefficient (Wildman–Crippen LogP) is 0.936. The largest absolute Gasteiger partial charge is 0.465 e. The molecule has 0 radical (unpaired) electrons. The summed E-state index contributed by atoms with van der Waals surface area (Å²) >= 11 is 0. The monoisotopic (exact) mass is 294 g/mol. The van der Waals surface area contributed by atoms with Crippen LogP contribution >= 0.6 is 0 Å². The van der Waals surface area contributed by atoms with E-state index in [9.17, 15) is 14.4 Å². The number of hydrogen-bond donors (Lipinski definition) is 2. The highest BCUT2D eigenvalue weighted by Gasteiger charge is 2.16. The van der Waals surface area contributed by atoms with Crippen LogP contribution in [-0.4, -0.2) is 38.1 Å². The molecule has 0 aliphatic carbocycles. The van der Waals surface area contributed by atoms with Crippen molar-refractivity contribution in [3.63, 3.8) is 0 Å². The summed E-state index contributed by atoms with van der Waals surface area (Å²) in [6.07, 6.45) is 0.465. The van der Waals surface area contributed by atoms with Gasteiger partial charge in [-0.05, 0) is 24.6 Å². The van der Waals surface area contributed by atoms with Crippen LogP contribution in [0.1, 0.15) is 34.1 Å². The van der Waals surface area contributed by atoms with E-state index < -0.39 is 23.9 Å². The summed E-state index contributed by atoms with van der Waals surface area (Å²) in [4.78, 5) is 35.0. The highest BCUT2D eigenvalue weighted by atomic mass is 16.5. The van der Waals surface area contributed by atoms with Gasteiger partial charge in [0, 0.05) is 5.69 Å². The Bertz CT molecular complexity index is 522. The molecule has 0 saturated carbocycles. The molecule has 0 fully saturated rings. The maximum absolute atomic E-state index is 11.8. The van der Waals surface area contributed by atoms with Gasteiger partial charge in [0.1, 0.15) is 0 Å².